The van der Waals surface area contributed by atoms with Crippen molar-refractivity contribution in [2.24, 2.45) is 0 Å². The molecule has 0 saturated carbocycles. The second-order valence-corrected chi connectivity index (χ2v) is 4.72. The zero-order valence-corrected chi connectivity index (χ0v) is 12.0. The minimum absolute atomic E-state index is 0.121. The van der Waals surface area contributed by atoms with E-state index in [2.05, 4.69) is 15.2 Å². The number of carbonyl (C=O) groups is 1. The molecule has 0 radical (unpaired) electrons. The molecule has 2 heterocycles. The predicted octanol–water partition coefficient (Wildman–Crippen LogP) is 0.569. The molecule has 1 atom stereocenters. The Hall–Kier alpha value is -1.66. The Morgan fingerprint density at radius 2 is 2.25 bits per heavy atom. The van der Waals surface area contributed by atoms with Gasteiger partial charge in [0.1, 0.15) is 11.9 Å². The van der Waals surface area contributed by atoms with Gasteiger partial charge < -0.3 is 19.7 Å². The van der Waals surface area contributed by atoms with E-state index in [0.29, 0.717) is 6.54 Å². The smallest absolute Gasteiger partial charge is 0.249 e. The van der Waals surface area contributed by atoms with Gasteiger partial charge in [-0.05, 0) is 18.6 Å². The maximum atomic E-state index is 11.6. The average Bonchev–Trinajstić information content (AvgIpc) is 2.53. The fourth-order valence-electron chi connectivity index (χ4n) is 1.94. The molecule has 0 spiro atoms. The summed E-state index contributed by atoms with van der Waals surface area (Å²) < 4.78 is 10.3. The molecule has 0 aliphatic carbocycles. The molecular weight excluding hydrogens is 258 g/mol. The van der Waals surface area contributed by atoms with Crippen molar-refractivity contribution in [3.63, 3.8) is 0 Å². The van der Waals surface area contributed by atoms with E-state index >= 15 is 0 Å². The summed E-state index contributed by atoms with van der Waals surface area (Å²) in [4.78, 5) is 18.2. The van der Waals surface area contributed by atoms with Gasteiger partial charge in [0.15, 0.2) is 0 Å². The first kappa shape index (κ1) is 14.7. The van der Waals surface area contributed by atoms with Crippen LogP contribution in [0.15, 0.2) is 18.3 Å². The number of hydrogen-bond acceptors (Lipinski definition) is 5. The van der Waals surface area contributed by atoms with Crippen molar-refractivity contribution in [3.8, 4) is 0 Å². The van der Waals surface area contributed by atoms with Gasteiger partial charge in [-0.3, -0.25) is 4.79 Å². The molecular formula is C14H21N3O3. The molecule has 0 aromatic carbocycles. The SMILES string of the molecule is COC(C)C(=O)NCc1ccc(N2CCOCC2)nc1. The van der Waals surface area contributed by atoms with Crippen LogP contribution in [-0.2, 0) is 20.8 Å². The summed E-state index contributed by atoms with van der Waals surface area (Å²) in [6, 6.07) is 3.96. The summed E-state index contributed by atoms with van der Waals surface area (Å²) in [6.45, 7) is 5.41. The number of carbonyl (C=O) groups excluding carboxylic acids is 1. The number of nitrogens with zero attached hydrogens (tertiary/aromatic N) is 2. The van der Waals surface area contributed by atoms with Gasteiger partial charge in [-0.25, -0.2) is 4.98 Å². The highest BCUT2D eigenvalue weighted by atomic mass is 16.5. The average molecular weight is 279 g/mol. The number of methoxy groups -OCH3 is 1. The van der Waals surface area contributed by atoms with Crippen LogP contribution in [0.25, 0.3) is 0 Å². The highest BCUT2D eigenvalue weighted by Crippen LogP contribution is 2.12. The van der Waals surface area contributed by atoms with E-state index in [9.17, 15) is 4.79 Å². The molecule has 1 aliphatic rings. The summed E-state index contributed by atoms with van der Waals surface area (Å²) >= 11 is 0. The van der Waals surface area contributed by atoms with Crippen LogP contribution in [0, 0.1) is 0 Å². The number of amides is 1. The largest absolute Gasteiger partial charge is 0.378 e. The minimum Gasteiger partial charge on any atom is -0.378 e. The number of morpholine rings is 1. The van der Waals surface area contributed by atoms with Crippen molar-refractivity contribution in [1.29, 1.82) is 0 Å². The topological polar surface area (TPSA) is 63.7 Å². The van der Waals surface area contributed by atoms with Crippen molar-refractivity contribution in [2.75, 3.05) is 38.3 Å². The van der Waals surface area contributed by atoms with Crippen molar-refractivity contribution in [1.82, 2.24) is 10.3 Å². The van der Waals surface area contributed by atoms with Crippen molar-refractivity contribution in [2.45, 2.75) is 19.6 Å². The molecule has 6 nitrogen and oxygen atoms in total. The first-order valence-corrected chi connectivity index (χ1v) is 6.79. The first-order chi connectivity index (χ1) is 9.70. The van der Waals surface area contributed by atoms with Gasteiger partial charge in [0, 0.05) is 32.9 Å². The van der Waals surface area contributed by atoms with Crippen LogP contribution in [-0.4, -0.2) is 50.4 Å². The highest BCUT2D eigenvalue weighted by molar-refractivity contribution is 5.80. The van der Waals surface area contributed by atoms with E-state index in [-0.39, 0.29) is 5.91 Å². The van der Waals surface area contributed by atoms with Gasteiger partial charge in [0.2, 0.25) is 5.91 Å². The third-order valence-corrected chi connectivity index (χ3v) is 3.33. The summed E-state index contributed by atoms with van der Waals surface area (Å²) in [6.07, 6.45) is 1.36. The number of anilines is 1. The van der Waals surface area contributed by atoms with E-state index in [0.717, 1.165) is 37.7 Å². The summed E-state index contributed by atoms with van der Waals surface area (Å²) in [7, 11) is 1.52. The normalized spacial score (nSPS) is 16.8. The summed E-state index contributed by atoms with van der Waals surface area (Å²) in [5.41, 5.74) is 0.971. The lowest BCUT2D eigenvalue weighted by Gasteiger charge is -2.27. The Kier molecular flexibility index (Phi) is 5.31. The summed E-state index contributed by atoms with van der Waals surface area (Å²) in [5, 5.41) is 2.81. The second-order valence-electron chi connectivity index (χ2n) is 4.72. The molecule has 20 heavy (non-hydrogen) atoms. The Bertz CT molecular complexity index is 430. The highest BCUT2D eigenvalue weighted by Gasteiger charge is 2.13. The zero-order valence-electron chi connectivity index (χ0n) is 12.0. The van der Waals surface area contributed by atoms with E-state index in [1.54, 1.807) is 13.1 Å². The van der Waals surface area contributed by atoms with E-state index in [4.69, 9.17) is 9.47 Å². The molecule has 110 valence electrons. The Labute approximate surface area is 119 Å². The fourth-order valence-corrected chi connectivity index (χ4v) is 1.94. The lowest BCUT2D eigenvalue weighted by molar-refractivity contribution is -0.130. The van der Waals surface area contributed by atoms with Crippen LogP contribution < -0.4 is 10.2 Å². The number of rotatable bonds is 5. The maximum Gasteiger partial charge on any atom is 0.249 e. The zero-order chi connectivity index (χ0) is 14.4. The Morgan fingerprint density at radius 1 is 1.50 bits per heavy atom. The Balaban J connectivity index is 1.86. The molecule has 6 heteroatoms. The lowest BCUT2D eigenvalue weighted by atomic mass is 10.2. The van der Waals surface area contributed by atoms with Crippen LogP contribution >= 0.6 is 0 Å². The van der Waals surface area contributed by atoms with Crippen LogP contribution in [0.1, 0.15) is 12.5 Å². The van der Waals surface area contributed by atoms with E-state index in [1.165, 1.54) is 7.11 Å². The lowest BCUT2D eigenvalue weighted by Crippen LogP contribution is -2.36. The minimum atomic E-state index is -0.435. The summed E-state index contributed by atoms with van der Waals surface area (Å²) in [5.74, 6) is 0.832. The first-order valence-electron chi connectivity index (χ1n) is 6.79. The predicted molar refractivity (Wildman–Crippen MR) is 75.6 cm³/mol. The molecule has 1 aromatic heterocycles. The van der Waals surface area contributed by atoms with Gasteiger partial charge in [0.25, 0.3) is 0 Å². The number of nitrogens with one attached hydrogen (secondary N) is 1. The fraction of sp³-hybridized carbons (Fsp3) is 0.571. The molecule has 2 rings (SSSR count). The monoisotopic (exact) mass is 279 g/mol. The van der Waals surface area contributed by atoms with Crippen molar-refractivity contribution < 1.29 is 14.3 Å². The maximum absolute atomic E-state index is 11.6. The third kappa shape index (κ3) is 3.91. The van der Waals surface area contributed by atoms with E-state index in [1.807, 2.05) is 12.1 Å². The number of ether oxygens (including phenoxy) is 2. The van der Waals surface area contributed by atoms with Gasteiger partial charge in [-0.1, -0.05) is 6.07 Å². The standard InChI is InChI=1S/C14H21N3O3/c1-11(19-2)14(18)16-10-12-3-4-13(15-9-12)17-5-7-20-8-6-17/h3-4,9,11H,5-8,10H2,1-2H3,(H,16,18). The second kappa shape index (κ2) is 7.21. The quantitative estimate of drug-likeness (QED) is 0.853. The van der Waals surface area contributed by atoms with E-state index < -0.39 is 6.10 Å². The van der Waals surface area contributed by atoms with Gasteiger partial charge >= 0.3 is 0 Å². The molecule has 1 aromatic rings. The van der Waals surface area contributed by atoms with Gasteiger partial charge in [0.05, 0.1) is 13.2 Å². The molecule has 1 fully saturated rings. The molecule has 1 aliphatic heterocycles. The van der Waals surface area contributed by atoms with Crippen molar-refractivity contribution >= 4 is 11.7 Å². The molecule has 1 N–H and O–H groups in total. The number of hydrogen-bond donors (Lipinski definition) is 1. The van der Waals surface area contributed by atoms with Gasteiger partial charge in [-0.2, -0.15) is 0 Å². The number of aromatic nitrogens is 1. The van der Waals surface area contributed by atoms with Crippen LogP contribution in [0.2, 0.25) is 0 Å². The Morgan fingerprint density at radius 3 is 2.85 bits per heavy atom. The van der Waals surface area contributed by atoms with Crippen molar-refractivity contribution in [3.05, 3.63) is 23.9 Å². The van der Waals surface area contributed by atoms with Crippen LogP contribution in [0.4, 0.5) is 5.82 Å². The van der Waals surface area contributed by atoms with Gasteiger partial charge in [-0.15, -0.1) is 0 Å². The molecule has 1 saturated heterocycles. The van der Waals surface area contributed by atoms with Crippen LogP contribution in [0.3, 0.4) is 0 Å². The third-order valence-electron chi connectivity index (χ3n) is 3.33. The molecule has 1 unspecified atom stereocenters. The molecule has 0 bridgehead atoms. The number of pyridine rings is 1. The van der Waals surface area contributed by atoms with Crippen LogP contribution in [0.5, 0.6) is 0 Å². The molecule has 1 amide bonds.